The number of imidazole rings is 1. The van der Waals surface area contributed by atoms with Crippen LogP contribution in [0.3, 0.4) is 0 Å². The van der Waals surface area contributed by atoms with Gasteiger partial charge in [-0.1, -0.05) is 13.8 Å². The molecule has 0 saturated carbocycles. The summed E-state index contributed by atoms with van der Waals surface area (Å²) in [5.74, 6) is 1.47. The molecule has 1 saturated heterocycles. The number of ether oxygens (including phenoxy) is 1. The Morgan fingerprint density at radius 3 is 2.71 bits per heavy atom. The highest BCUT2D eigenvalue weighted by Gasteiger charge is 2.35. The predicted octanol–water partition coefficient (Wildman–Crippen LogP) is 1.55. The Morgan fingerprint density at radius 1 is 1.38 bits per heavy atom. The molecule has 0 unspecified atom stereocenters. The summed E-state index contributed by atoms with van der Waals surface area (Å²) in [5, 5.41) is 0. The third kappa shape index (κ3) is 4.05. The van der Waals surface area contributed by atoms with Crippen molar-refractivity contribution in [3.05, 3.63) is 18.2 Å². The number of likely N-dealkylation sites (N-methyl/N-ethyl adjacent to an activating group) is 1. The predicted molar refractivity (Wildman–Crippen MR) is 85.2 cm³/mol. The molecular weight excluding hydrogens is 264 g/mol. The maximum atomic E-state index is 5.17. The average molecular weight is 294 g/mol. The van der Waals surface area contributed by atoms with Crippen LogP contribution < -0.4 is 0 Å². The van der Waals surface area contributed by atoms with E-state index in [0.29, 0.717) is 6.04 Å². The van der Waals surface area contributed by atoms with Gasteiger partial charge >= 0.3 is 0 Å². The molecule has 0 aliphatic carbocycles. The quantitative estimate of drug-likeness (QED) is 0.764. The van der Waals surface area contributed by atoms with Gasteiger partial charge in [0.2, 0.25) is 0 Å². The van der Waals surface area contributed by atoms with Crippen molar-refractivity contribution >= 4 is 0 Å². The van der Waals surface area contributed by atoms with Crippen LogP contribution in [-0.2, 0) is 17.8 Å². The van der Waals surface area contributed by atoms with Gasteiger partial charge in [-0.25, -0.2) is 4.98 Å². The number of methoxy groups -OCH3 is 1. The Morgan fingerprint density at radius 2 is 2.14 bits per heavy atom. The van der Waals surface area contributed by atoms with E-state index < -0.39 is 0 Å². The number of hydrogen-bond acceptors (Lipinski definition) is 4. The number of hydrogen-bond donors (Lipinski definition) is 0. The maximum absolute atomic E-state index is 5.17. The van der Waals surface area contributed by atoms with Crippen LogP contribution in [0.2, 0.25) is 0 Å². The zero-order chi connectivity index (χ0) is 15.4. The molecule has 1 aromatic heterocycles. The van der Waals surface area contributed by atoms with Gasteiger partial charge < -0.3 is 14.2 Å². The molecule has 0 spiro atoms. The zero-order valence-corrected chi connectivity index (χ0v) is 14.1. The summed E-state index contributed by atoms with van der Waals surface area (Å²) in [5.41, 5.74) is 1.29. The van der Waals surface area contributed by atoms with E-state index in [2.05, 4.69) is 47.3 Å². The molecule has 0 amide bonds. The molecule has 5 nitrogen and oxygen atoms in total. The Balaban J connectivity index is 1.99. The van der Waals surface area contributed by atoms with Gasteiger partial charge in [0.15, 0.2) is 0 Å². The van der Waals surface area contributed by atoms with Crippen LogP contribution in [0, 0.1) is 11.8 Å². The highest BCUT2D eigenvalue weighted by atomic mass is 16.5. The van der Waals surface area contributed by atoms with E-state index in [0.717, 1.165) is 38.1 Å². The first-order valence-electron chi connectivity index (χ1n) is 7.89. The van der Waals surface area contributed by atoms with E-state index in [1.807, 2.05) is 12.5 Å². The SMILES string of the molecule is COCCn1cncc1CN1C[C@@H](N(C)C)[C@H](C(C)C)C1. The van der Waals surface area contributed by atoms with Gasteiger partial charge in [-0.3, -0.25) is 4.90 Å². The second-order valence-electron chi connectivity index (χ2n) is 6.70. The van der Waals surface area contributed by atoms with Crippen LogP contribution >= 0.6 is 0 Å². The summed E-state index contributed by atoms with van der Waals surface area (Å²) < 4.78 is 7.37. The van der Waals surface area contributed by atoms with E-state index in [-0.39, 0.29) is 0 Å². The maximum Gasteiger partial charge on any atom is 0.0949 e. The average Bonchev–Trinajstić information content (AvgIpc) is 3.03. The molecular formula is C16H30N4O. The van der Waals surface area contributed by atoms with Crippen molar-refractivity contribution in [1.29, 1.82) is 0 Å². The molecule has 1 aromatic rings. The van der Waals surface area contributed by atoms with Crippen molar-refractivity contribution in [2.45, 2.75) is 33.0 Å². The topological polar surface area (TPSA) is 33.5 Å². The van der Waals surface area contributed by atoms with Crippen LogP contribution in [0.1, 0.15) is 19.5 Å². The van der Waals surface area contributed by atoms with Crippen molar-refractivity contribution in [1.82, 2.24) is 19.4 Å². The van der Waals surface area contributed by atoms with E-state index >= 15 is 0 Å². The molecule has 2 heterocycles. The molecule has 1 aliphatic rings. The monoisotopic (exact) mass is 294 g/mol. The lowest BCUT2D eigenvalue weighted by Gasteiger charge is -2.27. The van der Waals surface area contributed by atoms with Gasteiger partial charge in [-0.2, -0.15) is 0 Å². The van der Waals surface area contributed by atoms with E-state index in [9.17, 15) is 0 Å². The van der Waals surface area contributed by atoms with E-state index in [1.54, 1.807) is 7.11 Å². The lowest BCUT2D eigenvalue weighted by Crippen LogP contribution is -2.37. The first kappa shape index (κ1) is 16.5. The van der Waals surface area contributed by atoms with Crippen molar-refractivity contribution < 1.29 is 4.74 Å². The summed E-state index contributed by atoms with van der Waals surface area (Å²) in [6.45, 7) is 9.60. The first-order chi connectivity index (χ1) is 10.0. The molecule has 1 aliphatic heterocycles. The van der Waals surface area contributed by atoms with Crippen LogP contribution in [0.4, 0.5) is 0 Å². The normalized spacial score (nSPS) is 23.6. The molecule has 21 heavy (non-hydrogen) atoms. The standard InChI is InChI=1S/C16H30N4O/c1-13(2)15-10-19(11-16(15)18(3)4)9-14-8-17-12-20(14)6-7-21-5/h8,12-13,15-16H,6-7,9-11H2,1-5H3/t15-,16+/m0/s1. The summed E-state index contributed by atoms with van der Waals surface area (Å²) in [4.78, 5) is 9.24. The van der Waals surface area contributed by atoms with Gasteiger partial charge in [0.05, 0.1) is 18.6 Å². The van der Waals surface area contributed by atoms with Gasteiger partial charge in [-0.15, -0.1) is 0 Å². The van der Waals surface area contributed by atoms with Gasteiger partial charge in [0.25, 0.3) is 0 Å². The summed E-state index contributed by atoms with van der Waals surface area (Å²) in [6, 6.07) is 0.653. The second kappa shape index (κ2) is 7.38. The van der Waals surface area contributed by atoms with Crippen LogP contribution in [-0.4, -0.2) is 66.3 Å². The van der Waals surface area contributed by atoms with Gasteiger partial charge in [0.1, 0.15) is 0 Å². The smallest absolute Gasteiger partial charge is 0.0949 e. The van der Waals surface area contributed by atoms with Crippen molar-refractivity contribution in [2.24, 2.45) is 11.8 Å². The number of aromatic nitrogens is 2. The molecule has 0 N–H and O–H groups in total. The third-order valence-corrected chi connectivity index (χ3v) is 4.65. The van der Waals surface area contributed by atoms with Crippen molar-refractivity contribution in [3.8, 4) is 0 Å². The molecule has 2 rings (SSSR count). The minimum absolute atomic E-state index is 0.653. The van der Waals surface area contributed by atoms with Crippen molar-refractivity contribution in [3.63, 3.8) is 0 Å². The summed E-state index contributed by atoms with van der Waals surface area (Å²) in [7, 11) is 6.14. The highest BCUT2D eigenvalue weighted by Crippen LogP contribution is 2.28. The lowest BCUT2D eigenvalue weighted by atomic mass is 9.91. The fourth-order valence-corrected chi connectivity index (χ4v) is 3.32. The molecule has 0 radical (unpaired) electrons. The number of nitrogens with zero attached hydrogens (tertiary/aromatic N) is 4. The second-order valence-corrected chi connectivity index (χ2v) is 6.70. The fraction of sp³-hybridized carbons (Fsp3) is 0.812. The van der Waals surface area contributed by atoms with Crippen molar-refractivity contribution in [2.75, 3.05) is 40.9 Å². The largest absolute Gasteiger partial charge is 0.383 e. The molecule has 0 aromatic carbocycles. The molecule has 0 bridgehead atoms. The van der Waals surface area contributed by atoms with E-state index in [1.165, 1.54) is 12.2 Å². The van der Waals surface area contributed by atoms with E-state index in [4.69, 9.17) is 4.74 Å². The molecule has 1 fully saturated rings. The number of likely N-dealkylation sites (tertiary alicyclic amines) is 1. The summed E-state index contributed by atoms with van der Waals surface area (Å²) >= 11 is 0. The fourth-order valence-electron chi connectivity index (χ4n) is 3.32. The Hall–Kier alpha value is -0.910. The molecule has 120 valence electrons. The minimum atomic E-state index is 0.653. The number of rotatable bonds is 7. The Labute approximate surface area is 128 Å². The van der Waals surface area contributed by atoms with Gasteiger partial charge in [-0.05, 0) is 25.9 Å². The molecule has 5 heteroatoms. The summed E-state index contributed by atoms with van der Waals surface area (Å²) in [6.07, 6.45) is 3.90. The zero-order valence-electron chi connectivity index (χ0n) is 14.1. The van der Waals surface area contributed by atoms with Crippen LogP contribution in [0.15, 0.2) is 12.5 Å². The van der Waals surface area contributed by atoms with Crippen LogP contribution in [0.25, 0.3) is 0 Å². The minimum Gasteiger partial charge on any atom is -0.383 e. The Kier molecular flexibility index (Phi) is 5.79. The lowest BCUT2D eigenvalue weighted by molar-refractivity contribution is 0.184. The van der Waals surface area contributed by atoms with Crippen LogP contribution in [0.5, 0.6) is 0 Å². The first-order valence-corrected chi connectivity index (χ1v) is 7.89. The third-order valence-electron chi connectivity index (χ3n) is 4.65. The van der Waals surface area contributed by atoms with Gasteiger partial charge in [0, 0.05) is 45.5 Å². The molecule has 2 atom stereocenters. The Bertz CT molecular complexity index is 414. The highest BCUT2D eigenvalue weighted by molar-refractivity contribution is 5.01.